The predicted octanol–water partition coefficient (Wildman–Crippen LogP) is 2.82. The van der Waals surface area contributed by atoms with Crippen molar-refractivity contribution >= 4 is 42.1 Å². The van der Waals surface area contributed by atoms with Gasteiger partial charge in [-0.05, 0) is 18.9 Å². The smallest absolute Gasteiger partial charge is 0.239 e. The zero-order chi connectivity index (χ0) is 14.5. The summed E-state index contributed by atoms with van der Waals surface area (Å²) in [5.41, 5.74) is 7.08. The molecular formula is C15H21Cl2N3OS. The lowest BCUT2D eigenvalue weighted by atomic mass is 10.1. The van der Waals surface area contributed by atoms with Crippen LogP contribution in [0.3, 0.4) is 0 Å². The van der Waals surface area contributed by atoms with Gasteiger partial charge in [0.25, 0.3) is 0 Å². The quantitative estimate of drug-likeness (QED) is 0.890. The summed E-state index contributed by atoms with van der Waals surface area (Å²) >= 11 is 1.60. The highest BCUT2D eigenvalue weighted by Gasteiger charge is 2.19. The van der Waals surface area contributed by atoms with E-state index in [4.69, 9.17) is 5.73 Å². The molecule has 1 aromatic heterocycles. The van der Waals surface area contributed by atoms with Crippen LogP contribution in [0.25, 0.3) is 0 Å². The lowest BCUT2D eigenvalue weighted by Gasteiger charge is -2.20. The van der Waals surface area contributed by atoms with E-state index in [9.17, 15) is 4.79 Å². The van der Waals surface area contributed by atoms with Gasteiger partial charge in [0.15, 0.2) is 0 Å². The Morgan fingerprint density at radius 1 is 1.32 bits per heavy atom. The van der Waals surface area contributed by atoms with E-state index in [1.807, 2.05) is 43.5 Å². The summed E-state index contributed by atoms with van der Waals surface area (Å²) in [4.78, 5) is 19.2. The van der Waals surface area contributed by atoms with Gasteiger partial charge in [-0.3, -0.25) is 4.79 Å². The third-order valence-electron chi connectivity index (χ3n) is 3.05. The predicted molar refractivity (Wildman–Crippen MR) is 95.9 cm³/mol. The first kappa shape index (κ1) is 20.9. The molecule has 1 heterocycles. The first-order valence-electron chi connectivity index (χ1n) is 6.52. The van der Waals surface area contributed by atoms with Crippen LogP contribution in [0.15, 0.2) is 36.5 Å². The number of hydrogen-bond acceptors (Lipinski definition) is 4. The number of aryl methyl sites for hydroxylation is 1. The molecule has 2 aromatic rings. The number of benzene rings is 1. The Balaban J connectivity index is 0.00000220. The summed E-state index contributed by atoms with van der Waals surface area (Å²) in [6.07, 6.45) is 2.37. The molecular weight excluding hydrogens is 341 g/mol. The summed E-state index contributed by atoms with van der Waals surface area (Å²) in [6, 6.07) is 9.33. The van der Waals surface area contributed by atoms with Gasteiger partial charge >= 0.3 is 0 Å². The molecule has 0 saturated heterocycles. The molecule has 0 saturated carbocycles. The monoisotopic (exact) mass is 361 g/mol. The number of hydrogen-bond donors (Lipinski definition) is 1. The fraction of sp³-hybridized carbons (Fsp3) is 0.333. The molecule has 2 N–H and O–H groups in total. The van der Waals surface area contributed by atoms with E-state index in [0.29, 0.717) is 13.0 Å². The van der Waals surface area contributed by atoms with Crippen LogP contribution in [0, 0.1) is 6.92 Å². The summed E-state index contributed by atoms with van der Waals surface area (Å²) in [6.45, 7) is 2.52. The average Bonchev–Trinajstić information content (AvgIpc) is 2.84. The van der Waals surface area contributed by atoms with Gasteiger partial charge in [0.05, 0.1) is 17.6 Å². The summed E-state index contributed by atoms with van der Waals surface area (Å²) in [7, 11) is 1.78. The van der Waals surface area contributed by atoms with Crippen molar-refractivity contribution in [3.05, 3.63) is 52.0 Å². The molecule has 2 rings (SSSR count). The highest BCUT2D eigenvalue weighted by molar-refractivity contribution is 7.11. The Bertz CT molecular complexity index is 577. The van der Waals surface area contributed by atoms with Crippen LogP contribution >= 0.6 is 36.2 Å². The maximum absolute atomic E-state index is 12.2. The molecule has 1 amide bonds. The standard InChI is InChI=1S/C15H19N3OS.2ClH/c1-11-17-9-13(20-11)10-18(2)15(19)14(16)8-12-6-4-3-5-7-12;;/h3-7,9,14H,8,10,16H2,1-2H3;2*1H/t14-;;/m0../s1. The molecule has 0 aliphatic rings. The number of nitrogens with zero attached hydrogens (tertiary/aromatic N) is 2. The maximum atomic E-state index is 12.2. The molecule has 0 aliphatic heterocycles. The lowest BCUT2D eigenvalue weighted by molar-refractivity contribution is -0.131. The van der Waals surface area contributed by atoms with Crippen molar-refractivity contribution in [3.63, 3.8) is 0 Å². The zero-order valence-corrected chi connectivity index (χ0v) is 15.0. The Morgan fingerprint density at radius 3 is 2.50 bits per heavy atom. The third-order valence-corrected chi connectivity index (χ3v) is 3.95. The molecule has 0 aliphatic carbocycles. The third kappa shape index (κ3) is 5.93. The molecule has 4 nitrogen and oxygen atoms in total. The lowest BCUT2D eigenvalue weighted by Crippen LogP contribution is -2.42. The number of carbonyl (C=O) groups is 1. The van der Waals surface area contributed by atoms with Gasteiger partial charge in [0.2, 0.25) is 5.91 Å². The number of rotatable bonds is 5. The van der Waals surface area contributed by atoms with Gasteiger partial charge < -0.3 is 10.6 Å². The second kappa shape index (κ2) is 9.79. The number of amides is 1. The Morgan fingerprint density at radius 2 is 1.95 bits per heavy atom. The summed E-state index contributed by atoms with van der Waals surface area (Å²) < 4.78 is 0. The molecule has 122 valence electrons. The van der Waals surface area contributed by atoms with Crippen LogP contribution in [0.1, 0.15) is 15.4 Å². The van der Waals surface area contributed by atoms with E-state index in [1.165, 1.54) is 0 Å². The van der Waals surface area contributed by atoms with Crippen LogP contribution in [0.5, 0.6) is 0 Å². The van der Waals surface area contributed by atoms with Crippen LogP contribution in [0.2, 0.25) is 0 Å². The van der Waals surface area contributed by atoms with Crippen LogP contribution in [0.4, 0.5) is 0 Å². The highest BCUT2D eigenvalue weighted by Crippen LogP contribution is 2.14. The Kier molecular flexibility index (Phi) is 9.28. The normalized spacial score (nSPS) is 11.0. The average molecular weight is 362 g/mol. The molecule has 0 radical (unpaired) electrons. The minimum Gasteiger partial charge on any atom is -0.339 e. The molecule has 22 heavy (non-hydrogen) atoms. The first-order valence-corrected chi connectivity index (χ1v) is 7.33. The number of nitrogens with two attached hydrogens (primary N) is 1. The second-order valence-electron chi connectivity index (χ2n) is 4.84. The van der Waals surface area contributed by atoms with Crippen molar-refractivity contribution in [2.45, 2.75) is 25.9 Å². The number of aromatic nitrogens is 1. The van der Waals surface area contributed by atoms with Crippen molar-refractivity contribution in [1.29, 1.82) is 0 Å². The van der Waals surface area contributed by atoms with Crippen LogP contribution in [-0.2, 0) is 17.8 Å². The van der Waals surface area contributed by atoms with E-state index in [2.05, 4.69) is 4.98 Å². The largest absolute Gasteiger partial charge is 0.339 e. The molecule has 0 fully saturated rings. The number of thiazole rings is 1. The number of halogens is 2. The van der Waals surface area contributed by atoms with E-state index in [0.717, 1.165) is 15.4 Å². The van der Waals surface area contributed by atoms with Gasteiger partial charge in [-0.15, -0.1) is 36.2 Å². The van der Waals surface area contributed by atoms with E-state index < -0.39 is 6.04 Å². The second-order valence-corrected chi connectivity index (χ2v) is 6.16. The van der Waals surface area contributed by atoms with Crippen molar-refractivity contribution in [3.8, 4) is 0 Å². The topological polar surface area (TPSA) is 59.2 Å². The van der Waals surface area contributed by atoms with Crippen molar-refractivity contribution < 1.29 is 4.79 Å². The first-order chi connectivity index (χ1) is 9.56. The Hall–Kier alpha value is -1.14. The Labute approximate surface area is 147 Å². The van der Waals surface area contributed by atoms with Gasteiger partial charge in [-0.1, -0.05) is 30.3 Å². The van der Waals surface area contributed by atoms with Gasteiger partial charge in [-0.2, -0.15) is 0 Å². The molecule has 0 spiro atoms. The van der Waals surface area contributed by atoms with Gasteiger partial charge in [0, 0.05) is 18.1 Å². The van der Waals surface area contributed by atoms with E-state index in [1.54, 1.807) is 23.3 Å². The maximum Gasteiger partial charge on any atom is 0.239 e. The van der Waals surface area contributed by atoms with E-state index >= 15 is 0 Å². The molecule has 0 unspecified atom stereocenters. The van der Waals surface area contributed by atoms with Crippen molar-refractivity contribution in [2.24, 2.45) is 5.73 Å². The highest BCUT2D eigenvalue weighted by atomic mass is 35.5. The van der Waals surface area contributed by atoms with Crippen molar-refractivity contribution in [2.75, 3.05) is 7.05 Å². The number of carbonyl (C=O) groups excluding carboxylic acids is 1. The molecule has 0 bridgehead atoms. The fourth-order valence-corrected chi connectivity index (χ4v) is 2.88. The van der Waals surface area contributed by atoms with E-state index in [-0.39, 0.29) is 30.7 Å². The van der Waals surface area contributed by atoms with Gasteiger partial charge in [0.1, 0.15) is 0 Å². The summed E-state index contributed by atoms with van der Waals surface area (Å²) in [5.74, 6) is -0.0418. The molecule has 1 aromatic carbocycles. The van der Waals surface area contributed by atoms with Crippen LogP contribution in [-0.4, -0.2) is 28.9 Å². The zero-order valence-electron chi connectivity index (χ0n) is 12.6. The van der Waals surface area contributed by atoms with Crippen LogP contribution < -0.4 is 5.73 Å². The summed E-state index contributed by atoms with van der Waals surface area (Å²) in [5, 5.41) is 1.01. The molecule has 1 atom stereocenters. The fourth-order valence-electron chi connectivity index (χ4n) is 2.03. The molecule has 7 heteroatoms. The van der Waals surface area contributed by atoms with Gasteiger partial charge in [-0.25, -0.2) is 4.98 Å². The van der Waals surface area contributed by atoms with Crippen molar-refractivity contribution in [1.82, 2.24) is 9.88 Å². The SMILES string of the molecule is Cc1ncc(CN(C)C(=O)[C@@H](N)Cc2ccccc2)s1.Cl.Cl. The number of likely N-dealkylation sites (N-methyl/N-ethyl adjacent to an activating group) is 1. The minimum atomic E-state index is -0.503. The minimum absolute atomic E-state index is 0.